The van der Waals surface area contributed by atoms with Crippen molar-refractivity contribution in [1.82, 2.24) is 0 Å². The second kappa shape index (κ2) is 9.73. The molecule has 2 rings (SSSR count). The molecule has 162 valence electrons. The quantitative estimate of drug-likeness (QED) is 0.609. The van der Waals surface area contributed by atoms with Gasteiger partial charge < -0.3 is 24.4 Å². The summed E-state index contributed by atoms with van der Waals surface area (Å²) < 4.78 is 33.8. The number of aliphatic carboxylic acids is 1. The maximum absolute atomic E-state index is 12.2. The van der Waals surface area contributed by atoms with Crippen molar-refractivity contribution < 1.29 is 32.9 Å². The lowest BCUT2D eigenvalue weighted by molar-refractivity contribution is -0.136. The van der Waals surface area contributed by atoms with E-state index in [4.69, 9.17) is 14.6 Å². The van der Waals surface area contributed by atoms with Gasteiger partial charge in [-0.05, 0) is 35.9 Å². The summed E-state index contributed by atoms with van der Waals surface area (Å²) in [5.41, 5.74) is 0.658. The van der Waals surface area contributed by atoms with Gasteiger partial charge in [-0.3, -0.25) is 13.8 Å². The van der Waals surface area contributed by atoms with Crippen molar-refractivity contribution in [3.05, 3.63) is 47.5 Å². The van der Waals surface area contributed by atoms with E-state index in [0.717, 1.165) is 0 Å². The molecule has 0 saturated heterocycles. The predicted octanol–water partition coefficient (Wildman–Crippen LogP) is 3.48. The van der Waals surface area contributed by atoms with Crippen LogP contribution in [0.4, 0.5) is 5.69 Å². The second-order valence-corrected chi connectivity index (χ2v) is 8.53. The lowest BCUT2D eigenvalue weighted by Crippen LogP contribution is -2.27. The van der Waals surface area contributed by atoms with E-state index in [1.165, 1.54) is 19.2 Å². The molecule has 8 nitrogen and oxygen atoms in total. The Morgan fingerprint density at radius 3 is 2.33 bits per heavy atom. The molecule has 0 aliphatic heterocycles. The molecular weight excluding hydrogens is 410 g/mol. The van der Waals surface area contributed by atoms with Gasteiger partial charge in [0.05, 0.1) is 13.5 Å². The average molecular weight is 434 g/mol. The molecule has 2 aromatic rings. The van der Waals surface area contributed by atoms with Crippen LogP contribution in [-0.2, 0) is 32.8 Å². The minimum absolute atomic E-state index is 0.199. The van der Waals surface area contributed by atoms with Gasteiger partial charge in [0.25, 0.3) is 0 Å². The number of carboxylic acids is 1. The SMILES string of the molecule is COc1ccc(CC(=O)O)cc1Oc1ccc(NC(=O)C(C)(C)C)cc1CS(=O)[O-]. The number of methoxy groups -OCH3 is 1. The minimum atomic E-state index is -2.39. The first-order valence-electron chi connectivity index (χ1n) is 9.06. The molecule has 0 spiro atoms. The highest BCUT2D eigenvalue weighted by molar-refractivity contribution is 7.78. The van der Waals surface area contributed by atoms with E-state index in [1.54, 1.807) is 45.0 Å². The van der Waals surface area contributed by atoms with Gasteiger partial charge >= 0.3 is 5.97 Å². The molecule has 0 saturated carbocycles. The number of nitrogens with one attached hydrogen (secondary N) is 1. The number of carbonyl (C=O) groups is 2. The maximum Gasteiger partial charge on any atom is 0.307 e. The molecule has 0 aliphatic rings. The molecule has 2 N–H and O–H groups in total. The fraction of sp³-hybridized carbons (Fsp3) is 0.333. The number of benzene rings is 2. The summed E-state index contributed by atoms with van der Waals surface area (Å²) in [7, 11) is 1.44. The van der Waals surface area contributed by atoms with Crippen molar-refractivity contribution in [3.8, 4) is 17.2 Å². The highest BCUT2D eigenvalue weighted by Gasteiger charge is 2.21. The summed E-state index contributed by atoms with van der Waals surface area (Å²) in [4.78, 5) is 23.2. The van der Waals surface area contributed by atoms with Crippen molar-refractivity contribution in [2.24, 2.45) is 5.41 Å². The number of ether oxygens (including phenoxy) is 2. The largest absolute Gasteiger partial charge is 0.772 e. The molecule has 1 amide bonds. The van der Waals surface area contributed by atoms with Crippen molar-refractivity contribution in [2.45, 2.75) is 32.9 Å². The number of anilines is 1. The Balaban J connectivity index is 2.40. The monoisotopic (exact) mass is 434 g/mol. The van der Waals surface area contributed by atoms with Crippen LogP contribution < -0.4 is 14.8 Å². The van der Waals surface area contributed by atoms with Crippen molar-refractivity contribution >= 4 is 28.6 Å². The van der Waals surface area contributed by atoms with E-state index in [2.05, 4.69) is 5.32 Å². The number of hydrogen-bond donors (Lipinski definition) is 2. The Morgan fingerprint density at radius 2 is 1.77 bits per heavy atom. The zero-order valence-electron chi connectivity index (χ0n) is 17.2. The van der Waals surface area contributed by atoms with Crippen molar-refractivity contribution in [2.75, 3.05) is 12.4 Å². The highest BCUT2D eigenvalue weighted by Crippen LogP contribution is 2.35. The van der Waals surface area contributed by atoms with E-state index >= 15 is 0 Å². The van der Waals surface area contributed by atoms with Gasteiger partial charge in [0.2, 0.25) is 5.91 Å². The Labute approximate surface area is 177 Å². The third kappa shape index (κ3) is 6.57. The van der Waals surface area contributed by atoms with Gasteiger partial charge in [-0.1, -0.05) is 37.9 Å². The van der Waals surface area contributed by atoms with Gasteiger partial charge in [-0.15, -0.1) is 0 Å². The summed E-state index contributed by atoms with van der Waals surface area (Å²) in [6.07, 6.45) is -0.199. The summed E-state index contributed by atoms with van der Waals surface area (Å²) in [5.74, 6) is -0.671. The third-order valence-electron chi connectivity index (χ3n) is 4.08. The average Bonchev–Trinajstić information content (AvgIpc) is 2.62. The van der Waals surface area contributed by atoms with Crippen LogP contribution in [-0.4, -0.2) is 32.9 Å². The maximum atomic E-state index is 12.2. The van der Waals surface area contributed by atoms with Crippen LogP contribution in [0.15, 0.2) is 36.4 Å². The zero-order valence-corrected chi connectivity index (χ0v) is 18.0. The fourth-order valence-corrected chi connectivity index (χ4v) is 3.00. The third-order valence-corrected chi connectivity index (χ3v) is 4.62. The number of carbonyl (C=O) groups excluding carboxylic acids is 1. The molecule has 0 fully saturated rings. The standard InChI is InChI=1S/C21H25NO7S/c1-21(2,3)20(25)22-15-6-8-16(14(11-15)12-30(26)27)29-18-9-13(10-19(23)24)5-7-17(18)28-4/h5-9,11H,10,12H2,1-4H3,(H,22,25)(H,23,24)(H,26,27)/p-1. The first kappa shape index (κ1) is 23.4. The van der Waals surface area contributed by atoms with Crippen LogP contribution >= 0.6 is 0 Å². The Bertz CT molecular complexity index is 966. The molecule has 0 bridgehead atoms. The molecule has 0 aromatic heterocycles. The van der Waals surface area contributed by atoms with Crippen LogP contribution in [0.5, 0.6) is 17.2 Å². The van der Waals surface area contributed by atoms with E-state index < -0.39 is 22.5 Å². The first-order chi connectivity index (χ1) is 14.0. The van der Waals surface area contributed by atoms with Gasteiger partial charge in [0.15, 0.2) is 11.5 Å². The van der Waals surface area contributed by atoms with Gasteiger partial charge in [0, 0.05) is 22.4 Å². The first-order valence-corrected chi connectivity index (χ1v) is 10.3. The van der Waals surface area contributed by atoms with Crippen molar-refractivity contribution in [3.63, 3.8) is 0 Å². The van der Waals surface area contributed by atoms with E-state index in [-0.39, 0.29) is 29.6 Å². The van der Waals surface area contributed by atoms with Crippen LogP contribution in [0.25, 0.3) is 0 Å². The van der Waals surface area contributed by atoms with Crippen LogP contribution in [0.2, 0.25) is 0 Å². The van der Waals surface area contributed by atoms with Gasteiger partial charge in [-0.2, -0.15) is 0 Å². The van der Waals surface area contributed by atoms with E-state index in [1.807, 2.05) is 0 Å². The van der Waals surface area contributed by atoms with Gasteiger partial charge in [-0.25, -0.2) is 0 Å². The summed E-state index contributed by atoms with van der Waals surface area (Å²) in [5, 5.41) is 11.8. The smallest absolute Gasteiger partial charge is 0.307 e. The Kier molecular flexibility index (Phi) is 7.58. The predicted molar refractivity (Wildman–Crippen MR) is 112 cm³/mol. The molecule has 2 aromatic carbocycles. The number of hydrogen-bond acceptors (Lipinski definition) is 6. The number of carboxylic acid groups (broad SMARTS) is 1. The number of rotatable bonds is 8. The Morgan fingerprint density at radius 1 is 1.10 bits per heavy atom. The van der Waals surface area contributed by atoms with Crippen LogP contribution in [0, 0.1) is 5.41 Å². The molecule has 0 aliphatic carbocycles. The van der Waals surface area contributed by atoms with Crippen LogP contribution in [0.3, 0.4) is 0 Å². The zero-order chi connectivity index (χ0) is 22.5. The molecule has 30 heavy (non-hydrogen) atoms. The molecule has 0 radical (unpaired) electrons. The topological polar surface area (TPSA) is 125 Å². The molecule has 9 heteroatoms. The normalized spacial score (nSPS) is 12.2. The van der Waals surface area contributed by atoms with Crippen molar-refractivity contribution in [1.29, 1.82) is 0 Å². The highest BCUT2D eigenvalue weighted by atomic mass is 32.2. The van der Waals surface area contributed by atoms with E-state index in [0.29, 0.717) is 22.6 Å². The lowest BCUT2D eigenvalue weighted by Gasteiger charge is -2.20. The summed E-state index contributed by atoms with van der Waals surface area (Å²) in [6, 6.07) is 9.39. The molecule has 1 atom stereocenters. The summed E-state index contributed by atoms with van der Waals surface area (Å²) in [6.45, 7) is 5.30. The number of amides is 1. The molecular formula is C21H24NO7S-. The molecule has 1 unspecified atom stereocenters. The fourth-order valence-electron chi connectivity index (χ4n) is 2.52. The Hall–Kier alpha value is -2.91. The van der Waals surface area contributed by atoms with E-state index in [9.17, 15) is 18.4 Å². The second-order valence-electron chi connectivity index (χ2n) is 7.63. The van der Waals surface area contributed by atoms with Crippen LogP contribution in [0.1, 0.15) is 31.9 Å². The lowest BCUT2D eigenvalue weighted by atomic mass is 9.95. The molecule has 0 heterocycles. The minimum Gasteiger partial charge on any atom is -0.772 e. The van der Waals surface area contributed by atoms with Gasteiger partial charge in [0.1, 0.15) is 5.75 Å². The summed E-state index contributed by atoms with van der Waals surface area (Å²) >= 11 is -2.39.